The second kappa shape index (κ2) is 7.48. The van der Waals surface area contributed by atoms with Crippen molar-refractivity contribution < 1.29 is 0 Å². The van der Waals surface area contributed by atoms with Gasteiger partial charge in [-0.3, -0.25) is 4.99 Å². The van der Waals surface area contributed by atoms with Crippen molar-refractivity contribution in [2.24, 2.45) is 4.99 Å². The fraction of sp³-hybridized carbons (Fsp3) is 0.208. The highest BCUT2D eigenvalue weighted by atomic mass is 14.7. The van der Waals surface area contributed by atoms with Crippen LogP contribution in [0.2, 0.25) is 0 Å². The predicted octanol–water partition coefficient (Wildman–Crippen LogP) is 6.21. The van der Waals surface area contributed by atoms with Crippen molar-refractivity contribution in [3.8, 4) is 11.1 Å². The zero-order valence-corrected chi connectivity index (χ0v) is 15.5. The quantitative estimate of drug-likeness (QED) is 0.505. The Balaban J connectivity index is 1.86. The molecule has 0 N–H and O–H groups in total. The molecule has 0 unspecified atom stereocenters. The Kier molecular flexibility index (Phi) is 5.14. The zero-order chi connectivity index (χ0) is 17.8. The van der Waals surface area contributed by atoms with Crippen LogP contribution in [-0.4, -0.2) is 6.21 Å². The van der Waals surface area contributed by atoms with Gasteiger partial charge >= 0.3 is 0 Å². The molecular weight excluding hydrogens is 302 g/mol. The standard InChI is InChI=1S/C24H25N/c1-17-9-11-21(12-10-17)23-8-6-5-7-22(23)15-25-16-24-19(3)13-18(2)14-20(24)4/h5-14,16H,15H2,1-4H3. The molecule has 3 rings (SSSR count). The first-order valence-corrected chi connectivity index (χ1v) is 8.77. The average Bonchev–Trinajstić information content (AvgIpc) is 2.58. The number of hydrogen-bond acceptors (Lipinski definition) is 1. The lowest BCUT2D eigenvalue weighted by Crippen LogP contribution is -1.95. The molecular formula is C24H25N. The highest BCUT2D eigenvalue weighted by molar-refractivity contribution is 5.84. The molecule has 1 nitrogen and oxygen atoms in total. The second-order valence-electron chi connectivity index (χ2n) is 6.81. The van der Waals surface area contributed by atoms with E-state index < -0.39 is 0 Å². The van der Waals surface area contributed by atoms with Crippen LogP contribution < -0.4 is 0 Å². The van der Waals surface area contributed by atoms with E-state index >= 15 is 0 Å². The molecule has 0 radical (unpaired) electrons. The van der Waals surface area contributed by atoms with Crippen molar-refractivity contribution in [2.75, 3.05) is 0 Å². The van der Waals surface area contributed by atoms with Gasteiger partial charge in [-0.05, 0) is 61.1 Å². The third-order valence-electron chi connectivity index (χ3n) is 4.60. The Morgan fingerprint density at radius 2 is 1.40 bits per heavy atom. The molecule has 0 saturated carbocycles. The van der Waals surface area contributed by atoms with Crippen molar-refractivity contribution in [3.63, 3.8) is 0 Å². The number of aryl methyl sites for hydroxylation is 4. The molecule has 0 aliphatic rings. The molecule has 3 aromatic rings. The molecule has 3 aromatic carbocycles. The molecule has 25 heavy (non-hydrogen) atoms. The van der Waals surface area contributed by atoms with Gasteiger partial charge in [-0.2, -0.15) is 0 Å². The van der Waals surface area contributed by atoms with E-state index in [1.807, 2.05) is 6.21 Å². The van der Waals surface area contributed by atoms with E-state index in [2.05, 4.69) is 88.4 Å². The summed E-state index contributed by atoms with van der Waals surface area (Å²) in [6.07, 6.45) is 2.02. The molecule has 0 bridgehead atoms. The van der Waals surface area contributed by atoms with Gasteiger partial charge in [-0.15, -0.1) is 0 Å². The summed E-state index contributed by atoms with van der Waals surface area (Å²) in [5.41, 5.74) is 10.2. The van der Waals surface area contributed by atoms with Crippen LogP contribution in [0.4, 0.5) is 0 Å². The molecule has 0 atom stereocenters. The summed E-state index contributed by atoms with van der Waals surface area (Å²) in [6, 6.07) is 21.7. The van der Waals surface area contributed by atoms with Crippen molar-refractivity contribution in [3.05, 3.63) is 94.0 Å². The number of benzene rings is 3. The normalized spacial score (nSPS) is 11.2. The molecule has 0 amide bonds. The summed E-state index contributed by atoms with van der Waals surface area (Å²) in [6.45, 7) is 9.25. The molecule has 0 aliphatic heterocycles. The second-order valence-corrected chi connectivity index (χ2v) is 6.81. The summed E-state index contributed by atoms with van der Waals surface area (Å²) in [5, 5.41) is 0. The minimum Gasteiger partial charge on any atom is -0.288 e. The summed E-state index contributed by atoms with van der Waals surface area (Å²) in [7, 11) is 0. The fourth-order valence-electron chi connectivity index (χ4n) is 3.30. The molecule has 1 heteroatoms. The Morgan fingerprint density at radius 3 is 2.08 bits per heavy atom. The molecule has 0 fully saturated rings. The first-order valence-electron chi connectivity index (χ1n) is 8.77. The van der Waals surface area contributed by atoms with Crippen molar-refractivity contribution in [1.29, 1.82) is 0 Å². The topological polar surface area (TPSA) is 12.4 Å². The van der Waals surface area contributed by atoms with Crippen LogP contribution in [-0.2, 0) is 6.54 Å². The maximum absolute atomic E-state index is 4.74. The molecule has 126 valence electrons. The third kappa shape index (κ3) is 4.06. The number of rotatable bonds is 4. The zero-order valence-electron chi connectivity index (χ0n) is 15.5. The van der Waals surface area contributed by atoms with Gasteiger partial charge in [-0.1, -0.05) is 71.8 Å². The van der Waals surface area contributed by atoms with E-state index in [1.165, 1.54) is 44.5 Å². The highest BCUT2D eigenvalue weighted by Gasteiger charge is 2.04. The van der Waals surface area contributed by atoms with Crippen LogP contribution in [0.15, 0.2) is 65.7 Å². The Labute approximate surface area is 151 Å². The monoisotopic (exact) mass is 327 g/mol. The van der Waals surface area contributed by atoms with Crippen LogP contribution in [0.5, 0.6) is 0 Å². The third-order valence-corrected chi connectivity index (χ3v) is 4.60. The van der Waals surface area contributed by atoms with Gasteiger partial charge in [0.2, 0.25) is 0 Å². The lowest BCUT2D eigenvalue weighted by Gasteiger charge is -2.09. The van der Waals surface area contributed by atoms with Crippen LogP contribution in [0.1, 0.15) is 33.4 Å². The predicted molar refractivity (Wildman–Crippen MR) is 109 cm³/mol. The van der Waals surface area contributed by atoms with Crippen LogP contribution >= 0.6 is 0 Å². The maximum Gasteiger partial charge on any atom is 0.0645 e. The maximum atomic E-state index is 4.74. The van der Waals surface area contributed by atoms with E-state index in [0.29, 0.717) is 6.54 Å². The van der Waals surface area contributed by atoms with Crippen LogP contribution in [0.25, 0.3) is 11.1 Å². The molecule has 0 heterocycles. The lowest BCUT2D eigenvalue weighted by molar-refractivity contribution is 1.08. The van der Waals surface area contributed by atoms with Crippen LogP contribution in [0, 0.1) is 27.7 Å². The first-order chi connectivity index (χ1) is 12.0. The van der Waals surface area contributed by atoms with E-state index in [-0.39, 0.29) is 0 Å². The Morgan fingerprint density at radius 1 is 0.760 bits per heavy atom. The lowest BCUT2D eigenvalue weighted by atomic mass is 9.98. The summed E-state index contributed by atoms with van der Waals surface area (Å²) < 4.78 is 0. The van der Waals surface area contributed by atoms with E-state index in [9.17, 15) is 0 Å². The smallest absolute Gasteiger partial charge is 0.0645 e. The van der Waals surface area contributed by atoms with Gasteiger partial charge in [0, 0.05) is 6.21 Å². The molecule has 0 aliphatic carbocycles. The highest BCUT2D eigenvalue weighted by Crippen LogP contribution is 2.24. The van der Waals surface area contributed by atoms with Gasteiger partial charge < -0.3 is 0 Å². The SMILES string of the molecule is Cc1ccc(-c2ccccc2CN=Cc2c(C)cc(C)cc2C)cc1. The Bertz CT molecular complexity index is 879. The van der Waals surface area contributed by atoms with Gasteiger partial charge in [0.15, 0.2) is 0 Å². The Hall–Kier alpha value is -2.67. The number of hydrogen-bond donors (Lipinski definition) is 0. The number of aliphatic imine (C=N–C) groups is 1. The summed E-state index contributed by atoms with van der Waals surface area (Å²) >= 11 is 0. The first kappa shape index (κ1) is 17.2. The fourth-order valence-corrected chi connectivity index (χ4v) is 3.30. The molecule has 0 spiro atoms. The van der Waals surface area contributed by atoms with Crippen molar-refractivity contribution >= 4 is 6.21 Å². The number of nitrogens with zero attached hydrogens (tertiary/aromatic N) is 1. The van der Waals surface area contributed by atoms with E-state index in [0.717, 1.165) is 0 Å². The largest absolute Gasteiger partial charge is 0.288 e. The van der Waals surface area contributed by atoms with E-state index in [1.54, 1.807) is 0 Å². The van der Waals surface area contributed by atoms with Gasteiger partial charge in [0.25, 0.3) is 0 Å². The molecule has 0 aromatic heterocycles. The summed E-state index contributed by atoms with van der Waals surface area (Å²) in [5.74, 6) is 0. The van der Waals surface area contributed by atoms with Gasteiger partial charge in [0.1, 0.15) is 0 Å². The minimum absolute atomic E-state index is 0.691. The van der Waals surface area contributed by atoms with Gasteiger partial charge in [-0.25, -0.2) is 0 Å². The van der Waals surface area contributed by atoms with Crippen molar-refractivity contribution in [1.82, 2.24) is 0 Å². The minimum atomic E-state index is 0.691. The van der Waals surface area contributed by atoms with E-state index in [4.69, 9.17) is 4.99 Å². The average molecular weight is 327 g/mol. The molecule has 0 saturated heterocycles. The van der Waals surface area contributed by atoms with Gasteiger partial charge in [0.05, 0.1) is 6.54 Å². The van der Waals surface area contributed by atoms with Crippen molar-refractivity contribution in [2.45, 2.75) is 34.2 Å². The summed E-state index contributed by atoms with van der Waals surface area (Å²) in [4.78, 5) is 4.74. The van der Waals surface area contributed by atoms with Crippen LogP contribution in [0.3, 0.4) is 0 Å².